The maximum Gasteiger partial charge on any atom is 0.255 e. The van der Waals surface area contributed by atoms with Gasteiger partial charge in [-0.05, 0) is 18.9 Å². The van der Waals surface area contributed by atoms with E-state index in [2.05, 4.69) is 15.2 Å². The number of nitrogens with two attached hydrogens (primary N) is 1. The molecule has 0 aliphatic carbocycles. The fourth-order valence-electron chi connectivity index (χ4n) is 2.48. The third-order valence-corrected chi connectivity index (χ3v) is 3.62. The van der Waals surface area contributed by atoms with Crippen molar-refractivity contribution in [2.24, 2.45) is 5.73 Å². The van der Waals surface area contributed by atoms with Gasteiger partial charge in [0.15, 0.2) is 0 Å². The smallest absolute Gasteiger partial charge is 0.255 e. The fraction of sp³-hybridized carbons (Fsp3) is 0.571. The summed E-state index contributed by atoms with van der Waals surface area (Å²) in [6.07, 6.45) is 5.07. The molecule has 110 valence electrons. The van der Waals surface area contributed by atoms with E-state index in [0.717, 1.165) is 32.5 Å². The number of piperidine rings is 1. The van der Waals surface area contributed by atoms with E-state index in [4.69, 9.17) is 10.5 Å². The summed E-state index contributed by atoms with van der Waals surface area (Å²) in [7, 11) is 1.54. The molecule has 1 aromatic rings. The second-order valence-electron chi connectivity index (χ2n) is 4.95. The lowest BCUT2D eigenvalue weighted by atomic mass is 10.0. The van der Waals surface area contributed by atoms with E-state index in [1.54, 1.807) is 25.6 Å². The van der Waals surface area contributed by atoms with Crippen molar-refractivity contribution in [1.29, 1.82) is 0 Å². The maximum atomic E-state index is 12.2. The average molecular weight is 278 g/mol. The molecular weight excluding hydrogens is 256 g/mol. The van der Waals surface area contributed by atoms with Crippen molar-refractivity contribution in [3.63, 3.8) is 0 Å². The molecule has 1 amide bonds. The van der Waals surface area contributed by atoms with Crippen LogP contribution in [0, 0.1) is 0 Å². The topological polar surface area (TPSA) is 80.5 Å². The summed E-state index contributed by atoms with van der Waals surface area (Å²) in [5.41, 5.74) is 6.09. The van der Waals surface area contributed by atoms with Gasteiger partial charge in [-0.2, -0.15) is 0 Å². The maximum absolute atomic E-state index is 12.2. The molecule has 6 heteroatoms. The first kappa shape index (κ1) is 14.7. The number of likely N-dealkylation sites (tertiary alicyclic amines) is 1. The van der Waals surface area contributed by atoms with Crippen LogP contribution in [0.15, 0.2) is 18.5 Å². The zero-order valence-electron chi connectivity index (χ0n) is 11.8. The SMILES string of the molecule is COc1cnccc1C(=O)NC1CCN(CCN)CC1. The third kappa shape index (κ3) is 3.68. The molecular formula is C14H22N4O2. The van der Waals surface area contributed by atoms with Crippen molar-refractivity contribution in [2.45, 2.75) is 18.9 Å². The lowest BCUT2D eigenvalue weighted by Gasteiger charge is -2.32. The summed E-state index contributed by atoms with van der Waals surface area (Å²) in [4.78, 5) is 18.5. The van der Waals surface area contributed by atoms with Crippen LogP contribution < -0.4 is 15.8 Å². The average Bonchev–Trinajstić information content (AvgIpc) is 2.49. The van der Waals surface area contributed by atoms with Gasteiger partial charge in [-0.1, -0.05) is 0 Å². The fourth-order valence-corrected chi connectivity index (χ4v) is 2.48. The van der Waals surface area contributed by atoms with Crippen LogP contribution in [0.2, 0.25) is 0 Å². The van der Waals surface area contributed by atoms with E-state index < -0.39 is 0 Å². The normalized spacial score (nSPS) is 16.9. The van der Waals surface area contributed by atoms with Crippen molar-refractivity contribution >= 4 is 5.91 Å². The number of carbonyl (C=O) groups excluding carboxylic acids is 1. The summed E-state index contributed by atoms with van der Waals surface area (Å²) in [5, 5.41) is 3.07. The van der Waals surface area contributed by atoms with Gasteiger partial charge in [-0.15, -0.1) is 0 Å². The van der Waals surface area contributed by atoms with E-state index in [1.165, 1.54) is 0 Å². The van der Waals surface area contributed by atoms with Gasteiger partial charge < -0.3 is 20.7 Å². The van der Waals surface area contributed by atoms with Crippen LogP contribution in [0.3, 0.4) is 0 Å². The molecule has 2 rings (SSSR count). The van der Waals surface area contributed by atoms with E-state index in [9.17, 15) is 4.79 Å². The first-order valence-corrected chi connectivity index (χ1v) is 6.96. The molecule has 0 unspecified atom stereocenters. The Morgan fingerprint density at radius 3 is 2.95 bits per heavy atom. The number of ether oxygens (including phenoxy) is 1. The van der Waals surface area contributed by atoms with E-state index in [-0.39, 0.29) is 11.9 Å². The summed E-state index contributed by atoms with van der Waals surface area (Å²) in [6, 6.07) is 1.90. The lowest BCUT2D eigenvalue weighted by Crippen LogP contribution is -2.45. The number of methoxy groups -OCH3 is 1. The van der Waals surface area contributed by atoms with Gasteiger partial charge in [0, 0.05) is 38.4 Å². The van der Waals surface area contributed by atoms with Gasteiger partial charge >= 0.3 is 0 Å². The minimum atomic E-state index is -0.0958. The molecule has 0 radical (unpaired) electrons. The van der Waals surface area contributed by atoms with Crippen LogP contribution in [0.1, 0.15) is 23.2 Å². The Bertz CT molecular complexity index is 445. The number of pyridine rings is 1. The standard InChI is InChI=1S/C14H22N4O2/c1-20-13-10-16-6-2-12(13)14(19)17-11-3-7-18(8-4-11)9-5-15/h2,6,10-11H,3-5,7-9,15H2,1H3,(H,17,19). The summed E-state index contributed by atoms with van der Waals surface area (Å²) in [5.74, 6) is 0.409. The summed E-state index contributed by atoms with van der Waals surface area (Å²) in [6.45, 7) is 3.58. The molecule has 1 fully saturated rings. The molecule has 2 heterocycles. The Kier molecular flexibility index (Phi) is 5.31. The molecule has 1 saturated heterocycles. The molecule has 20 heavy (non-hydrogen) atoms. The van der Waals surface area contributed by atoms with Crippen molar-refractivity contribution in [1.82, 2.24) is 15.2 Å². The minimum absolute atomic E-state index is 0.0958. The Morgan fingerprint density at radius 1 is 1.55 bits per heavy atom. The van der Waals surface area contributed by atoms with Crippen LogP contribution in [0.5, 0.6) is 5.75 Å². The van der Waals surface area contributed by atoms with Crippen LogP contribution in [-0.2, 0) is 0 Å². The van der Waals surface area contributed by atoms with Crippen LogP contribution in [-0.4, -0.2) is 55.1 Å². The minimum Gasteiger partial charge on any atom is -0.494 e. The van der Waals surface area contributed by atoms with Crippen molar-refractivity contribution in [2.75, 3.05) is 33.3 Å². The number of amides is 1. The third-order valence-electron chi connectivity index (χ3n) is 3.62. The molecule has 0 spiro atoms. The quantitative estimate of drug-likeness (QED) is 0.806. The number of aromatic nitrogens is 1. The molecule has 0 atom stereocenters. The van der Waals surface area contributed by atoms with Gasteiger partial charge in [-0.3, -0.25) is 9.78 Å². The molecule has 0 aromatic carbocycles. The Morgan fingerprint density at radius 2 is 2.30 bits per heavy atom. The first-order valence-electron chi connectivity index (χ1n) is 6.96. The zero-order chi connectivity index (χ0) is 14.4. The Balaban J connectivity index is 1.89. The van der Waals surface area contributed by atoms with Gasteiger partial charge in [0.1, 0.15) is 5.75 Å². The molecule has 1 aliphatic heterocycles. The predicted octanol–water partition coefficient (Wildman–Crippen LogP) is 0.243. The Hall–Kier alpha value is -1.66. The zero-order valence-corrected chi connectivity index (χ0v) is 11.8. The lowest BCUT2D eigenvalue weighted by molar-refractivity contribution is 0.0908. The second-order valence-corrected chi connectivity index (χ2v) is 4.95. The van der Waals surface area contributed by atoms with Gasteiger partial charge in [0.2, 0.25) is 0 Å². The molecule has 0 bridgehead atoms. The molecule has 3 N–H and O–H groups in total. The first-order chi connectivity index (χ1) is 9.74. The van der Waals surface area contributed by atoms with Gasteiger partial charge in [0.25, 0.3) is 5.91 Å². The number of nitrogens with one attached hydrogen (secondary N) is 1. The highest BCUT2D eigenvalue weighted by Crippen LogP contribution is 2.17. The van der Waals surface area contributed by atoms with E-state index in [1.807, 2.05) is 0 Å². The highest BCUT2D eigenvalue weighted by atomic mass is 16.5. The number of hydrogen-bond donors (Lipinski definition) is 2. The largest absolute Gasteiger partial charge is 0.494 e. The monoisotopic (exact) mass is 278 g/mol. The van der Waals surface area contributed by atoms with E-state index in [0.29, 0.717) is 17.9 Å². The molecule has 1 aromatic heterocycles. The molecule has 0 saturated carbocycles. The van der Waals surface area contributed by atoms with Crippen molar-refractivity contribution in [3.8, 4) is 5.75 Å². The number of hydrogen-bond acceptors (Lipinski definition) is 5. The summed E-state index contributed by atoms with van der Waals surface area (Å²) < 4.78 is 5.16. The highest BCUT2D eigenvalue weighted by molar-refractivity contribution is 5.96. The van der Waals surface area contributed by atoms with Gasteiger partial charge in [0.05, 0.1) is 18.9 Å². The van der Waals surface area contributed by atoms with Crippen LogP contribution in [0.4, 0.5) is 0 Å². The highest BCUT2D eigenvalue weighted by Gasteiger charge is 2.21. The number of carbonyl (C=O) groups is 1. The summed E-state index contributed by atoms with van der Waals surface area (Å²) >= 11 is 0. The number of rotatable bonds is 5. The predicted molar refractivity (Wildman–Crippen MR) is 76.8 cm³/mol. The Labute approximate surface area is 119 Å². The van der Waals surface area contributed by atoms with E-state index >= 15 is 0 Å². The molecule has 1 aliphatic rings. The van der Waals surface area contributed by atoms with Crippen LogP contribution in [0.25, 0.3) is 0 Å². The second kappa shape index (κ2) is 7.21. The van der Waals surface area contributed by atoms with Crippen molar-refractivity contribution < 1.29 is 9.53 Å². The number of nitrogens with zero attached hydrogens (tertiary/aromatic N) is 2. The van der Waals surface area contributed by atoms with Gasteiger partial charge in [-0.25, -0.2) is 0 Å². The van der Waals surface area contributed by atoms with Crippen molar-refractivity contribution in [3.05, 3.63) is 24.0 Å². The van der Waals surface area contributed by atoms with Crippen LogP contribution >= 0.6 is 0 Å². The molecule has 6 nitrogen and oxygen atoms in total.